The molecule has 0 spiro atoms. The van der Waals surface area contributed by atoms with Crippen LogP contribution in [0.2, 0.25) is 0 Å². The molecule has 0 aliphatic carbocycles. The summed E-state index contributed by atoms with van der Waals surface area (Å²) in [6.45, 7) is 5.09. The maximum absolute atomic E-state index is 5.59. The van der Waals surface area contributed by atoms with Gasteiger partial charge in [0.25, 0.3) is 5.88 Å². The normalized spacial score (nSPS) is 13.8. The maximum atomic E-state index is 5.59. The molecule has 0 aromatic carbocycles. The Morgan fingerprint density at radius 2 is 2.39 bits per heavy atom. The molecule has 0 atom stereocenters. The third kappa shape index (κ3) is 3.81. The summed E-state index contributed by atoms with van der Waals surface area (Å²) in [5.41, 5.74) is 1.99. The first kappa shape index (κ1) is 15.2. The second-order valence-electron chi connectivity index (χ2n) is 3.79. The summed E-state index contributed by atoms with van der Waals surface area (Å²) < 4.78 is 14.1. The zero-order valence-electron chi connectivity index (χ0n) is 10.2. The zero-order chi connectivity index (χ0) is 12.1. The standard InChI is InChI=1S/C12H15N3OS.HI/c1-3-4-8-16-12-11(13-17-14-12)10-6-5-7-15(2)9-10;/h3,5-7H,1,4,8-9H2,2H3;1H. The molecule has 4 nitrogen and oxygen atoms in total. The predicted octanol–water partition coefficient (Wildman–Crippen LogP) is 2.95. The molecule has 0 N–H and O–H groups in total. The Kier molecular flexibility index (Phi) is 6.34. The highest BCUT2D eigenvalue weighted by molar-refractivity contribution is 14.0. The first-order valence-electron chi connectivity index (χ1n) is 5.45. The number of rotatable bonds is 5. The molecule has 98 valence electrons. The number of nitrogens with zero attached hydrogens (tertiary/aromatic N) is 3. The van der Waals surface area contributed by atoms with Crippen LogP contribution in [0.15, 0.2) is 31.0 Å². The van der Waals surface area contributed by atoms with E-state index in [0.717, 1.165) is 24.2 Å². The highest BCUT2D eigenvalue weighted by atomic mass is 127. The van der Waals surface area contributed by atoms with Gasteiger partial charge >= 0.3 is 0 Å². The number of likely N-dealkylation sites (N-methyl/N-ethyl adjacent to an activating group) is 1. The third-order valence-electron chi connectivity index (χ3n) is 2.38. The lowest BCUT2D eigenvalue weighted by Crippen LogP contribution is -2.16. The lowest BCUT2D eigenvalue weighted by molar-refractivity contribution is 0.314. The molecule has 1 aliphatic heterocycles. The van der Waals surface area contributed by atoms with E-state index in [2.05, 4.69) is 26.3 Å². The van der Waals surface area contributed by atoms with Crippen molar-refractivity contribution >= 4 is 41.3 Å². The van der Waals surface area contributed by atoms with Gasteiger partial charge in [0.1, 0.15) is 5.69 Å². The fraction of sp³-hybridized carbons (Fsp3) is 0.333. The van der Waals surface area contributed by atoms with E-state index in [1.807, 2.05) is 25.4 Å². The monoisotopic (exact) mass is 377 g/mol. The van der Waals surface area contributed by atoms with Crippen molar-refractivity contribution in [2.45, 2.75) is 6.42 Å². The number of hydrogen-bond donors (Lipinski definition) is 0. The molecular weight excluding hydrogens is 361 g/mol. The Balaban J connectivity index is 0.00000162. The molecule has 0 saturated heterocycles. The van der Waals surface area contributed by atoms with Crippen LogP contribution in [0, 0.1) is 0 Å². The lowest BCUT2D eigenvalue weighted by atomic mass is 10.1. The van der Waals surface area contributed by atoms with Gasteiger partial charge in [-0.25, -0.2) is 0 Å². The summed E-state index contributed by atoms with van der Waals surface area (Å²) in [6, 6.07) is 0. The molecule has 6 heteroatoms. The van der Waals surface area contributed by atoms with Crippen LogP contribution < -0.4 is 4.74 Å². The van der Waals surface area contributed by atoms with E-state index in [1.165, 1.54) is 11.7 Å². The van der Waals surface area contributed by atoms with Crippen LogP contribution in [0.3, 0.4) is 0 Å². The van der Waals surface area contributed by atoms with Gasteiger partial charge in [0, 0.05) is 19.2 Å². The van der Waals surface area contributed by atoms with Crippen LogP contribution >= 0.6 is 35.7 Å². The molecule has 1 aromatic rings. The Bertz CT molecular complexity index is 456. The van der Waals surface area contributed by atoms with Crippen molar-refractivity contribution in [3.63, 3.8) is 0 Å². The number of hydrogen-bond acceptors (Lipinski definition) is 5. The van der Waals surface area contributed by atoms with Crippen LogP contribution in [0.1, 0.15) is 12.1 Å². The Morgan fingerprint density at radius 3 is 3.11 bits per heavy atom. The highest BCUT2D eigenvalue weighted by Crippen LogP contribution is 2.26. The number of ether oxygens (including phenoxy) is 1. The number of aromatic nitrogens is 2. The van der Waals surface area contributed by atoms with E-state index in [1.54, 1.807) is 0 Å². The SMILES string of the molecule is C=CCCOc1nsnc1C1=CC=CN(C)C1.I. The summed E-state index contributed by atoms with van der Waals surface area (Å²) in [7, 11) is 2.03. The summed E-state index contributed by atoms with van der Waals surface area (Å²) in [5.74, 6) is 0.631. The largest absolute Gasteiger partial charge is 0.475 e. The summed E-state index contributed by atoms with van der Waals surface area (Å²) in [6.07, 6.45) is 8.73. The van der Waals surface area contributed by atoms with Crippen molar-refractivity contribution in [3.8, 4) is 5.88 Å². The summed E-state index contributed by atoms with van der Waals surface area (Å²) in [5, 5.41) is 0. The molecular formula is C12H16IN3OS. The quantitative estimate of drug-likeness (QED) is 0.449. The second kappa shape index (κ2) is 7.52. The molecule has 2 heterocycles. The minimum atomic E-state index is 0. The fourth-order valence-electron chi connectivity index (χ4n) is 1.54. The molecule has 0 radical (unpaired) electrons. The minimum absolute atomic E-state index is 0. The van der Waals surface area contributed by atoms with Crippen molar-refractivity contribution < 1.29 is 4.74 Å². The van der Waals surface area contributed by atoms with Crippen molar-refractivity contribution in [1.29, 1.82) is 0 Å². The molecule has 0 bridgehead atoms. The van der Waals surface area contributed by atoms with Gasteiger partial charge in [-0.05, 0) is 18.7 Å². The van der Waals surface area contributed by atoms with Crippen molar-refractivity contribution in [2.24, 2.45) is 0 Å². The summed E-state index contributed by atoms with van der Waals surface area (Å²) in [4.78, 5) is 2.10. The van der Waals surface area contributed by atoms with E-state index in [-0.39, 0.29) is 24.0 Å². The first-order valence-corrected chi connectivity index (χ1v) is 6.18. The molecule has 0 saturated carbocycles. The Morgan fingerprint density at radius 1 is 1.56 bits per heavy atom. The molecule has 1 aliphatic rings. The molecule has 18 heavy (non-hydrogen) atoms. The van der Waals surface area contributed by atoms with Crippen molar-refractivity contribution in [3.05, 3.63) is 36.7 Å². The average molecular weight is 377 g/mol. The average Bonchev–Trinajstić information content (AvgIpc) is 2.78. The van der Waals surface area contributed by atoms with Crippen LogP contribution in [0.5, 0.6) is 5.88 Å². The summed E-state index contributed by atoms with van der Waals surface area (Å²) >= 11 is 1.18. The van der Waals surface area contributed by atoms with E-state index >= 15 is 0 Å². The van der Waals surface area contributed by atoms with Gasteiger partial charge in [-0.15, -0.1) is 34.9 Å². The molecule has 2 rings (SSSR count). The number of allylic oxidation sites excluding steroid dienone is 2. The molecule has 0 unspecified atom stereocenters. The zero-order valence-corrected chi connectivity index (χ0v) is 13.4. The van der Waals surface area contributed by atoms with Crippen LogP contribution in [0.4, 0.5) is 0 Å². The lowest BCUT2D eigenvalue weighted by Gasteiger charge is -2.18. The van der Waals surface area contributed by atoms with E-state index in [0.29, 0.717) is 12.5 Å². The Hall–Kier alpha value is -0.890. The van der Waals surface area contributed by atoms with Gasteiger partial charge in [-0.3, -0.25) is 0 Å². The van der Waals surface area contributed by atoms with Gasteiger partial charge in [0.15, 0.2) is 0 Å². The minimum Gasteiger partial charge on any atom is -0.475 e. The maximum Gasteiger partial charge on any atom is 0.253 e. The first-order chi connectivity index (χ1) is 8.31. The van der Waals surface area contributed by atoms with Gasteiger partial charge in [-0.1, -0.05) is 12.2 Å². The van der Waals surface area contributed by atoms with Crippen molar-refractivity contribution in [1.82, 2.24) is 13.6 Å². The smallest absolute Gasteiger partial charge is 0.253 e. The van der Waals surface area contributed by atoms with Gasteiger partial charge in [0.05, 0.1) is 18.3 Å². The molecule has 1 aromatic heterocycles. The predicted molar refractivity (Wildman–Crippen MR) is 85.4 cm³/mol. The van der Waals surface area contributed by atoms with E-state index in [9.17, 15) is 0 Å². The van der Waals surface area contributed by atoms with Crippen molar-refractivity contribution in [2.75, 3.05) is 20.2 Å². The van der Waals surface area contributed by atoms with Gasteiger partial charge < -0.3 is 9.64 Å². The third-order valence-corrected chi connectivity index (χ3v) is 2.89. The highest BCUT2D eigenvalue weighted by Gasteiger charge is 2.16. The fourth-order valence-corrected chi connectivity index (χ4v) is 2.08. The van der Waals surface area contributed by atoms with Gasteiger partial charge in [0.2, 0.25) is 0 Å². The molecule has 0 amide bonds. The Labute approximate surface area is 128 Å². The second-order valence-corrected chi connectivity index (χ2v) is 4.32. The van der Waals surface area contributed by atoms with Crippen LogP contribution in [-0.4, -0.2) is 33.8 Å². The topological polar surface area (TPSA) is 38.3 Å². The van der Waals surface area contributed by atoms with E-state index < -0.39 is 0 Å². The van der Waals surface area contributed by atoms with E-state index in [4.69, 9.17) is 4.74 Å². The molecule has 0 fully saturated rings. The van der Waals surface area contributed by atoms with Gasteiger partial charge in [-0.2, -0.15) is 4.37 Å². The number of halogens is 1. The van der Waals surface area contributed by atoms with Crippen LogP contribution in [-0.2, 0) is 0 Å². The van der Waals surface area contributed by atoms with Crippen LogP contribution in [0.25, 0.3) is 5.57 Å².